The van der Waals surface area contributed by atoms with Gasteiger partial charge in [0.1, 0.15) is 0 Å². The van der Waals surface area contributed by atoms with Crippen LogP contribution in [0.15, 0.2) is 97.1 Å². The van der Waals surface area contributed by atoms with Gasteiger partial charge in [0, 0.05) is 0 Å². The molecule has 5 aromatic carbocycles. The zero-order valence-corrected chi connectivity index (χ0v) is 18.5. The standard InChI is InChI=1S/C32H26/c1-23-6-10-25(11-7-23)14-15-27-17-19-29-22-32-28(4-3-5-30(32)21-31(29)20-27)18-16-26-12-8-24(2)9-13-26/h3-22H,1-2H3. The number of fused-ring (bicyclic) bond motifs is 2. The van der Waals surface area contributed by atoms with E-state index in [1.165, 1.54) is 54.9 Å². The van der Waals surface area contributed by atoms with Crippen molar-refractivity contribution in [3.8, 4) is 0 Å². The summed E-state index contributed by atoms with van der Waals surface area (Å²) in [6.07, 6.45) is 8.78. The van der Waals surface area contributed by atoms with E-state index in [9.17, 15) is 0 Å². The third kappa shape index (κ3) is 4.40. The van der Waals surface area contributed by atoms with Crippen molar-refractivity contribution in [1.82, 2.24) is 0 Å². The Balaban J connectivity index is 1.48. The largest absolute Gasteiger partial charge is 0.0610 e. The van der Waals surface area contributed by atoms with Gasteiger partial charge < -0.3 is 0 Å². The van der Waals surface area contributed by atoms with Crippen LogP contribution in [0.1, 0.15) is 33.4 Å². The van der Waals surface area contributed by atoms with Crippen LogP contribution in [0.2, 0.25) is 0 Å². The Morgan fingerprint density at radius 3 is 1.72 bits per heavy atom. The van der Waals surface area contributed by atoms with Gasteiger partial charge in [-0.3, -0.25) is 0 Å². The molecule has 0 spiro atoms. The Morgan fingerprint density at radius 2 is 1.03 bits per heavy atom. The van der Waals surface area contributed by atoms with Gasteiger partial charge in [-0.05, 0) is 75.8 Å². The molecule has 0 saturated heterocycles. The van der Waals surface area contributed by atoms with Crippen molar-refractivity contribution in [2.75, 3.05) is 0 Å². The minimum absolute atomic E-state index is 1.22. The van der Waals surface area contributed by atoms with Crippen molar-refractivity contribution in [1.29, 1.82) is 0 Å². The summed E-state index contributed by atoms with van der Waals surface area (Å²) in [7, 11) is 0. The molecule has 0 aliphatic carbocycles. The Labute approximate surface area is 190 Å². The highest BCUT2D eigenvalue weighted by molar-refractivity contribution is 6.03. The predicted molar refractivity (Wildman–Crippen MR) is 142 cm³/mol. The molecule has 0 bridgehead atoms. The van der Waals surface area contributed by atoms with Gasteiger partial charge in [-0.25, -0.2) is 0 Å². The summed E-state index contributed by atoms with van der Waals surface area (Å²) < 4.78 is 0. The molecular formula is C32H26. The van der Waals surface area contributed by atoms with Crippen LogP contribution in [-0.4, -0.2) is 0 Å². The van der Waals surface area contributed by atoms with E-state index < -0.39 is 0 Å². The van der Waals surface area contributed by atoms with E-state index >= 15 is 0 Å². The summed E-state index contributed by atoms with van der Waals surface area (Å²) in [5, 5.41) is 5.08. The van der Waals surface area contributed by atoms with Crippen LogP contribution < -0.4 is 0 Å². The average molecular weight is 411 g/mol. The van der Waals surface area contributed by atoms with Crippen molar-refractivity contribution in [2.45, 2.75) is 13.8 Å². The molecule has 0 saturated carbocycles. The number of rotatable bonds is 4. The Hall–Kier alpha value is -3.90. The van der Waals surface area contributed by atoms with E-state index in [2.05, 4.69) is 135 Å². The number of hydrogen-bond donors (Lipinski definition) is 0. The van der Waals surface area contributed by atoms with E-state index in [1.54, 1.807) is 0 Å². The lowest BCUT2D eigenvalue weighted by Gasteiger charge is -2.07. The second kappa shape index (κ2) is 8.69. The predicted octanol–water partition coefficient (Wildman–Crippen LogP) is 8.95. The van der Waals surface area contributed by atoms with Crippen molar-refractivity contribution >= 4 is 45.8 Å². The van der Waals surface area contributed by atoms with Crippen LogP contribution in [0.3, 0.4) is 0 Å². The summed E-state index contributed by atoms with van der Waals surface area (Å²) >= 11 is 0. The second-order valence-electron chi connectivity index (χ2n) is 8.52. The minimum Gasteiger partial charge on any atom is -0.0610 e. The molecule has 32 heavy (non-hydrogen) atoms. The van der Waals surface area contributed by atoms with Gasteiger partial charge in [-0.15, -0.1) is 0 Å². The number of hydrogen-bond acceptors (Lipinski definition) is 0. The lowest BCUT2D eigenvalue weighted by molar-refractivity contribution is 1.46. The summed E-state index contributed by atoms with van der Waals surface area (Å²) in [5.41, 5.74) is 7.47. The molecule has 0 aliphatic heterocycles. The molecule has 5 aromatic rings. The fourth-order valence-corrected chi connectivity index (χ4v) is 4.05. The number of aryl methyl sites for hydroxylation is 2. The topological polar surface area (TPSA) is 0 Å². The van der Waals surface area contributed by atoms with Crippen LogP contribution in [0.5, 0.6) is 0 Å². The van der Waals surface area contributed by atoms with Crippen LogP contribution in [-0.2, 0) is 0 Å². The molecule has 0 N–H and O–H groups in total. The average Bonchev–Trinajstić information content (AvgIpc) is 2.82. The highest BCUT2D eigenvalue weighted by Gasteiger charge is 2.02. The maximum absolute atomic E-state index is 2.31. The molecule has 0 radical (unpaired) electrons. The first-order valence-electron chi connectivity index (χ1n) is 11.1. The van der Waals surface area contributed by atoms with Crippen molar-refractivity contribution in [2.24, 2.45) is 0 Å². The molecule has 0 unspecified atom stereocenters. The highest BCUT2D eigenvalue weighted by Crippen LogP contribution is 2.28. The maximum atomic E-state index is 2.31. The van der Waals surface area contributed by atoms with Crippen LogP contribution in [0.25, 0.3) is 45.8 Å². The minimum atomic E-state index is 1.22. The van der Waals surface area contributed by atoms with Gasteiger partial charge >= 0.3 is 0 Å². The maximum Gasteiger partial charge on any atom is -0.0105 e. The van der Waals surface area contributed by atoms with Crippen molar-refractivity contribution < 1.29 is 0 Å². The third-order valence-corrected chi connectivity index (χ3v) is 5.97. The lowest BCUT2D eigenvalue weighted by Crippen LogP contribution is -1.82. The zero-order valence-electron chi connectivity index (χ0n) is 18.5. The molecule has 0 heteroatoms. The Kier molecular flexibility index (Phi) is 5.44. The fourth-order valence-electron chi connectivity index (χ4n) is 4.05. The molecule has 0 atom stereocenters. The van der Waals surface area contributed by atoms with E-state index in [0.29, 0.717) is 0 Å². The molecule has 5 rings (SSSR count). The van der Waals surface area contributed by atoms with Gasteiger partial charge in [0.05, 0.1) is 0 Å². The van der Waals surface area contributed by atoms with Gasteiger partial charge in [0.2, 0.25) is 0 Å². The molecule has 154 valence electrons. The van der Waals surface area contributed by atoms with Crippen molar-refractivity contribution in [3.05, 3.63) is 130 Å². The van der Waals surface area contributed by atoms with Crippen molar-refractivity contribution in [3.63, 3.8) is 0 Å². The third-order valence-electron chi connectivity index (χ3n) is 5.97. The summed E-state index contributed by atoms with van der Waals surface area (Å²) in [6, 6.07) is 35.1. The first-order valence-corrected chi connectivity index (χ1v) is 11.1. The Morgan fingerprint density at radius 1 is 0.438 bits per heavy atom. The SMILES string of the molecule is Cc1ccc(C=Cc2ccc3cc4c(C=Cc5ccc(C)cc5)cccc4cc3c2)cc1. The lowest BCUT2D eigenvalue weighted by atomic mass is 9.97. The molecule has 0 fully saturated rings. The first kappa shape index (κ1) is 20.0. The smallest absolute Gasteiger partial charge is 0.0105 e. The summed E-state index contributed by atoms with van der Waals surface area (Å²) in [5.74, 6) is 0. The highest BCUT2D eigenvalue weighted by atomic mass is 14.1. The van der Waals surface area contributed by atoms with Gasteiger partial charge in [-0.1, -0.05) is 114 Å². The summed E-state index contributed by atoms with van der Waals surface area (Å²) in [6.45, 7) is 4.23. The second-order valence-corrected chi connectivity index (χ2v) is 8.52. The van der Waals surface area contributed by atoms with Gasteiger partial charge in [0.25, 0.3) is 0 Å². The quantitative estimate of drug-likeness (QED) is 0.205. The van der Waals surface area contributed by atoms with E-state index in [4.69, 9.17) is 0 Å². The molecule has 0 aromatic heterocycles. The van der Waals surface area contributed by atoms with Gasteiger partial charge in [0.15, 0.2) is 0 Å². The molecule has 0 heterocycles. The fraction of sp³-hybridized carbons (Fsp3) is 0.0625. The zero-order chi connectivity index (χ0) is 21.9. The Bertz CT molecular complexity index is 1450. The molecule has 0 nitrogen and oxygen atoms in total. The molecule has 0 aliphatic rings. The van der Waals surface area contributed by atoms with E-state index in [-0.39, 0.29) is 0 Å². The van der Waals surface area contributed by atoms with Gasteiger partial charge in [-0.2, -0.15) is 0 Å². The molecular weight excluding hydrogens is 384 g/mol. The normalized spacial score (nSPS) is 11.8. The first-order chi connectivity index (χ1) is 15.6. The van der Waals surface area contributed by atoms with E-state index in [1.807, 2.05) is 0 Å². The van der Waals surface area contributed by atoms with Crippen LogP contribution in [0, 0.1) is 13.8 Å². The van der Waals surface area contributed by atoms with Crippen LogP contribution >= 0.6 is 0 Å². The number of benzene rings is 5. The summed E-state index contributed by atoms with van der Waals surface area (Å²) in [4.78, 5) is 0. The van der Waals surface area contributed by atoms with Crippen LogP contribution in [0.4, 0.5) is 0 Å². The van der Waals surface area contributed by atoms with E-state index in [0.717, 1.165) is 0 Å². The monoisotopic (exact) mass is 410 g/mol. The molecule has 0 amide bonds.